The molecule has 236 valence electrons. The average molecular weight is 733 g/mol. The van der Waals surface area contributed by atoms with Gasteiger partial charge in [0.05, 0.1) is 0 Å². The third-order valence-electron chi connectivity index (χ3n) is 10.5. The first kappa shape index (κ1) is 35.9. The Morgan fingerprint density at radius 2 is 0.978 bits per heavy atom. The smallest absolute Gasteiger partial charge is 0.147 e. The molecule has 0 amide bonds. The number of hydrogen-bond acceptors (Lipinski definition) is 0. The Kier molecular flexibility index (Phi) is 10.0. The number of fused-ring (bicyclic) bond motifs is 2. The van der Waals surface area contributed by atoms with Crippen LogP contribution in [0.4, 0.5) is 0 Å². The topological polar surface area (TPSA) is 0 Å². The molecule has 0 saturated heterocycles. The van der Waals surface area contributed by atoms with E-state index in [1.165, 1.54) is 66.8 Å². The van der Waals surface area contributed by atoms with E-state index in [0.717, 1.165) is 6.42 Å². The fourth-order valence-electron chi connectivity index (χ4n) is 9.10. The number of hydrogen-bond donors (Lipinski definition) is 0. The van der Waals surface area contributed by atoms with Gasteiger partial charge in [-0.1, -0.05) is 0 Å². The number of benzene rings is 4. The SMILES string of the molecule is CCC1=Cc2c(-c3cc(C)cc(C)c3)ccc(C)c2[CH]1[Zr]([CH3])([CH3])(=[SiH2])[CH]1C(C)=Cc2c(-c3cc(C)cc(C)c3)ccc(C)c21.Cl.Cl. The molecule has 0 aromatic heterocycles. The summed E-state index contributed by atoms with van der Waals surface area (Å²) in [6.07, 6.45) is 6.29. The Balaban J connectivity index is 0.00000230. The third kappa shape index (κ3) is 5.99. The van der Waals surface area contributed by atoms with E-state index in [2.05, 4.69) is 144 Å². The van der Waals surface area contributed by atoms with Crippen LogP contribution in [0.15, 0.2) is 71.8 Å². The van der Waals surface area contributed by atoms with Gasteiger partial charge in [-0.05, 0) is 0 Å². The van der Waals surface area contributed by atoms with Gasteiger partial charge < -0.3 is 0 Å². The molecule has 0 radical (unpaired) electrons. The van der Waals surface area contributed by atoms with Crippen molar-refractivity contribution < 1.29 is 17.4 Å². The van der Waals surface area contributed by atoms with Crippen molar-refractivity contribution in [2.45, 2.75) is 78.3 Å². The zero-order valence-corrected chi connectivity index (χ0v) is 34.3. The summed E-state index contributed by atoms with van der Waals surface area (Å²) in [5.74, 6) is 0. The van der Waals surface area contributed by atoms with Gasteiger partial charge in [0.15, 0.2) is 0 Å². The molecule has 45 heavy (non-hydrogen) atoms. The molecule has 4 aromatic rings. The van der Waals surface area contributed by atoms with Gasteiger partial charge in [0.25, 0.3) is 0 Å². The Bertz CT molecular complexity index is 1930. The fourth-order valence-corrected chi connectivity index (χ4v) is 29.9. The van der Waals surface area contributed by atoms with E-state index in [0.29, 0.717) is 7.25 Å². The van der Waals surface area contributed by atoms with Gasteiger partial charge in [-0.15, -0.1) is 24.8 Å². The summed E-state index contributed by atoms with van der Waals surface area (Å²) in [5, 5.41) is 0. The summed E-state index contributed by atoms with van der Waals surface area (Å²) in [5.41, 5.74) is 23.2. The van der Waals surface area contributed by atoms with Crippen LogP contribution in [-0.4, -0.2) is 6.88 Å². The average Bonchev–Trinajstić information content (AvgIpc) is 3.48. The molecule has 0 nitrogen and oxygen atoms in total. The molecule has 0 N–H and O–H groups in total. The molecule has 0 aliphatic heterocycles. The zero-order chi connectivity index (χ0) is 31.0. The first-order valence-electron chi connectivity index (χ1n) is 16.1. The van der Waals surface area contributed by atoms with Crippen LogP contribution in [0.25, 0.3) is 34.4 Å². The van der Waals surface area contributed by atoms with Crippen LogP contribution in [0.1, 0.15) is 83.2 Å². The molecule has 2 atom stereocenters. The predicted octanol–water partition coefficient (Wildman–Crippen LogP) is 12.1. The van der Waals surface area contributed by atoms with Crippen LogP contribution in [0.2, 0.25) is 9.26 Å². The molecule has 0 spiro atoms. The van der Waals surface area contributed by atoms with Gasteiger partial charge in [0, 0.05) is 0 Å². The molecule has 6 rings (SSSR count). The van der Waals surface area contributed by atoms with E-state index in [4.69, 9.17) is 0 Å². The van der Waals surface area contributed by atoms with E-state index >= 15 is 0 Å². The van der Waals surface area contributed by atoms with Crippen molar-refractivity contribution in [2.24, 2.45) is 0 Å². The number of aryl methyl sites for hydroxylation is 6. The van der Waals surface area contributed by atoms with Crippen LogP contribution in [0.3, 0.4) is 0 Å². The van der Waals surface area contributed by atoms with E-state index in [-0.39, 0.29) is 24.8 Å². The van der Waals surface area contributed by atoms with E-state index in [1.807, 2.05) is 0 Å². The molecule has 0 saturated carbocycles. The molecule has 2 aliphatic carbocycles. The van der Waals surface area contributed by atoms with Gasteiger partial charge in [-0.3, -0.25) is 0 Å². The van der Waals surface area contributed by atoms with Crippen LogP contribution in [-0.2, 0) is 17.4 Å². The standard InChI is InChI=1S/C20H21.C19H19.2CH3.2ClH.H2Si.Zr/c1-5-16-11-19-15(4)6-7-18(20(19)12-16)17-9-13(2)8-14(3)10-17;1-12-7-13(2)9-16(8-12)17-6-5-15(4)18-10-14(3)11-19(17)18;;;;;;/h6-12H,5H2,1-4H3;5-11H,1-4H3;2*1H3;2*1H;1H2;. The second-order valence-electron chi connectivity index (χ2n) is 15.0. The quantitative estimate of drug-likeness (QED) is 0.179. The van der Waals surface area contributed by atoms with Crippen molar-refractivity contribution >= 4 is 43.8 Å². The first-order chi connectivity index (χ1) is 20.2. The van der Waals surface area contributed by atoms with Crippen molar-refractivity contribution in [3.05, 3.63) is 127 Å². The van der Waals surface area contributed by atoms with Crippen LogP contribution in [0.5, 0.6) is 0 Å². The summed E-state index contributed by atoms with van der Waals surface area (Å²) in [7, 11) is 0. The Labute approximate surface area is 287 Å². The molecule has 0 heterocycles. The fraction of sp³-hybridized carbons (Fsp3) is 0.317. The molecule has 2 aliphatic rings. The largest absolute Gasteiger partial charge is 0.147 e. The Morgan fingerprint density at radius 1 is 0.578 bits per heavy atom. The number of halogens is 2. The van der Waals surface area contributed by atoms with Crippen LogP contribution in [0, 0.1) is 41.5 Å². The number of allylic oxidation sites excluding steroid dienone is 2. The van der Waals surface area contributed by atoms with E-state index in [9.17, 15) is 0 Å². The second kappa shape index (κ2) is 12.6. The Morgan fingerprint density at radius 3 is 1.40 bits per heavy atom. The minimum Gasteiger partial charge on any atom is -0.147 e. The summed E-state index contributed by atoms with van der Waals surface area (Å²) < 4.78 is 6.63. The molecule has 2 unspecified atom stereocenters. The van der Waals surface area contributed by atoms with Gasteiger partial charge >= 0.3 is 264 Å². The normalized spacial score (nSPS) is 17.1. The van der Waals surface area contributed by atoms with Crippen molar-refractivity contribution in [3.8, 4) is 22.3 Å². The maximum Gasteiger partial charge on any atom is -0.147 e. The maximum atomic E-state index is 2.78. The Hall–Kier alpha value is -1.96. The summed E-state index contributed by atoms with van der Waals surface area (Å²) in [4.78, 5) is 0. The van der Waals surface area contributed by atoms with Gasteiger partial charge in [0.1, 0.15) is 0 Å². The molecule has 0 fully saturated rings. The van der Waals surface area contributed by atoms with Gasteiger partial charge in [0.2, 0.25) is 0 Å². The minimum absolute atomic E-state index is 0. The third-order valence-corrected chi connectivity index (χ3v) is 28.1. The van der Waals surface area contributed by atoms with Crippen molar-refractivity contribution in [2.75, 3.05) is 0 Å². The second-order valence-corrected chi connectivity index (χ2v) is 45.5. The summed E-state index contributed by atoms with van der Waals surface area (Å²) in [6.45, 7) is 20.9. The van der Waals surface area contributed by atoms with Crippen molar-refractivity contribution in [1.29, 1.82) is 0 Å². The maximum absolute atomic E-state index is 3.67. The zero-order valence-electron chi connectivity index (χ0n) is 28.8. The molecule has 4 aromatic carbocycles. The van der Waals surface area contributed by atoms with Crippen molar-refractivity contribution in [1.82, 2.24) is 0 Å². The number of rotatable bonds is 5. The van der Waals surface area contributed by atoms with Crippen molar-refractivity contribution in [3.63, 3.8) is 0 Å². The van der Waals surface area contributed by atoms with Gasteiger partial charge in [-0.25, -0.2) is 0 Å². The summed E-state index contributed by atoms with van der Waals surface area (Å²) in [6, 6.07) is 23.6. The molecule has 4 heteroatoms. The van der Waals surface area contributed by atoms with Crippen LogP contribution < -0.4 is 0 Å². The van der Waals surface area contributed by atoms with E-state index < -0.39 is 17.4 Å². The first-order valence-corrected chi connectivity index (χ1v) is 29.8. The van der Waals surface area contributed by atoms with Crippen LogP contribution >= 0.6 is 24.8 Å². The van der Waals surface area contributed by atoms with E-state index in [1.54, 1.807) is 22.3 Å². The predicted molar refractivity (Wildman–Crippen MR) is 204 cm³/mol. The molecule has 0 bridgehead atoms. The molecular formula is C41H50Cl2SiZr. The molecular weight excluding hydrogens is 683 g/mol. The minimum atomic E-state index is -3.67. The van der Waals surface area contributed by atoms with Gasteiger partial charge in [-0.2, -0.15) is 0 Å². The summed E-state index contributed by atoms with van der Waals surface area (Å²) >= 11 is -3.67. The monoisotopic (exact) mass is 730 g/mol.